The SMILES string of the molecule is CC(=O)N1CCN(c2ccc(C(=O)N3CCc4ccccc4C3)nn2)CC1. The van der Waals surface area contributed by atoms with Crippen molar-refractivity contribution >= 4 is 17.6 Å². The number of benzene rings is 1. The van der Waals surface area contributed by atoms with Gasteiger partial charge in [-0.05, 0) is 29.7 Å². The molecule has 2 aromatic rings. The van der Waals surface area contributed by atoms with Crippen molar-refractivity contribution < 1.29 is 9.59 Å². The Hall–Kier alpha value is -2.96. The van der Waals surface area contributed by atoms with E-state index in [0.29, 0.717) is 31.9 Å². The standard InChI is InChI=1S/C20H23N5O2/c1-15(26)23-10-12-24(13-11-23)19-7-6-18(21-22-19)20(27)25-9-8-16-4-2-3-5-17(16)14-25/h2-7H,8-14H2,1H3. The summed E-state index contributed by atoms with van der Waals surface area (Å²) in [5.74, 6) is 0.772. The fourth-order valence-corrected chi connectivity index (χ4v) is 3.69. The first-order valence-corrected chi connectivity index (χ1v) is 9.32. The van der Waals surface area contributed by atoms with Gasteiger partial charge in [-0.3, -0.25) is 9.59 Å². The number of carbonyl (C=O) groups is 2. The van der Waals surface area contributed by atoms with Crippen molar-refractivity contribution in [2.75, 3.05) is 37.6 Å². The minimum absolute atomic E-state index is 0.0787. The smallest absolute Gasteiger partial charge is 0.274 e. The minimum atomic E-state index is -0.0787. The van der Waals surface area contributed by atoms with Crippen LogP contribution in [0.25, 0.3) is 0 Å². The first kappa shape index (κ1) is 17.5. The number of hydrogen-bond acceptors (Lipinski definition) is 5. The Balaban J connectivity index is 1.41. The number of hydrogen-bond donors (Lipinski definition) is 0. The summed E-state index contributed by atoms with van der Waals surface area (Å²) < 4.78 is 0. The highest BCUT2D eigenvalue weighted by Gasteiger charge is 2.24. The van der Waals surface area contributed by atoms with Gasteiger partial charge in [0.1, 0.15) is 0 Å². The molecule has 2 aliphatic rings. The van der Waals surface area contributed by atoms with Gasteiger partial charge < -0.3 is 14.7 Å². The van der Waals surface area contributed by atoms with Crippen LogP contribution in [0.15, 0.2) is 36.4 Å². The van der Waals surface area contributed by atoms with E-state index in [2.05, 4.69) is 27.2 Å². The molecule has 0 N–H and O–H groups in total. The highest BCUT2D eigenvalue weighted by Crippen LogP contribution is 2.20. The lowest BCUT2D eigenvalue weighted by atomic mass is 10.00. The van der Waals surface area contributed by atoms with Crippen molar-refractivity contribution in [1.29, 1.82) is 0 Å². The third-order valence-corrected chi connectivity index (χ3v) is 5.34. The molecule has 0 radical (unpaired) electrons. The molecule has 140 valence electrons. The maximum absolute atomic E-state index is 12.8. The summed E-state index contributed by atoms with van der Waals surface area (Å²) in [6.07, 6.45) is 0.869. The van der Waals surface area contributed by atoms with Crippen LogP contribution in [-0.2, 0) is 17.8 Å². The highest BCUT2D eigenvalue weighted by molar-refractivity contribution is 5.92. The summed E-state index contributed by atoms with van der Waals surface area (Å²) in [7, 11) is 0. The van der Waals surface area contributed by atoms with Crippen LogP contribution in [-0.4, -0.2) is 64.5 Å². The van der Waals surface area contributed by atoms with Gasteiger partial charge in [-0.15, -0.1) is 10.2 Å². The van der Waals surface area contributed by atoms with Crippen LogP contribution < -0.4 is 4.90 Å². The molecule has 0 spiro atoms. The molecule has 0 saturated carbocycles. The summed E-state index contributed by atoms with van der Waals surface area (Å²) >= 11 is 0. The minimum Gasteiger partial charge on any atom is -0.352 e. The predicted octanol–water partition coefficient (Wildman–Crippen LogP) is 1.34. The van der Waals surface area contributed by atoms with Crippen LogP contribution in [0.1, 0.15) is 28.5 Å². The molecule has 7 nitrogen and oxygen atoms in total. The maximum atomic E-state index is 12.8. The van der Waals surface area contributed by atoms with Crippen LogP contribution in [0.3, 0.4) is 0 Å². The van der Waals surface area contributed by atoms with Gasteiger partial charge in [0.15, 0.2) is 11.5 Å². The number of amides is 2. The monoisotopic (exact) mass is 365 g/mol. The number of aromatic nitrogens is 2. The quantitative estimate of drug-likeness (QED) is 0.803. The molecule has 1 fully saturated rings. The molecule has 0 atom stereocenters. The van der Waals surface area contributed by atoms with E-state index in [1.807, 2.05) is 28.0 Å². The first-order valence-electron chi connectivity index (χ1n) is 9.32. The number of fused-ring (bicyclic) bond motifs is 1. The van der Waals surface area contributed by atoms with Gasteiger partial charge in [0, 0.05) is 46.2 Å². The summed E-state index contributed by atoms with van der Waals surface area (Å²) in [6, 6.07) is 11.8. The Bertz CT molecular complexity index is 844. The lowest BCUT2D eigenvalue weighted by Gasteiger charge is -2.34. The summed E-state index contributed by atoms with van der Waals surface area (Å²) in [6.45, 7) is 5.73. The van der Waals surface area contributed by atoms with Gasteiger partial charge in [0.25, 0.3) is 5.91 Å². The van der Waals surface area contributed by atoms with E-state index in [1.54, 1.807) is 13.0 Å². The zero-order valence-corrected chi connectivity index (χ0v) is 15.5. The molecule has 1 aromatic heterocycles. The normalized spacial score (nSPS) is 16.9. The van der Waals surface area contributed by atoms with E-state index in [-0.39, 0.29) is 11.8 Å². The summed E-state index contributed by atoms with van der Waals surface area (Å²) in [4.78, 5) is 30.0. The van der Waals surface area contributed by atoms with E-state index in [1.165, 1.54) is 11.1 Å². The fraction of sp³-hybridized carbons (Fsp3) is 0.400. The van der Waals surface area contributed by atoms with Crippen molar-refractivity contribution in [2.45, 2.75) is 19.9 Å². The van der Waals surface area contributed by atoms with Gasteiger partial charge >= 0.3 is 0 Å². The summed E-state index contributed by atoms with van der Waals surface area (Å²) in [5, 5.41) is 8.43. The Morgan fingerprint density at radius 1 is 0.852 bits per heavy atom. The van der Waals surface area contributed by atoms with Crippen LogP contribution in [0.2, 0.25) is 0 Å². The van der Waals surface area contributed by atoms with Crippen molar-refractivity contribution in [3.05, 3.63) is 53.2 Å². The number of carbonyl (C=O) groups excluding carboxylic acids is 2. The zero-order valence-electron chi connectivity index (χ0n) is 15.5. The Morgan fingerprint density at radius 3 is 2.26 bits per heavy atom. The van der Waals surface area contributed by atoms with Gasteiger partial charge in [0.05, 0.1) is 0 Å². The first-order chi connectivity index (χ1) is 13.1. The van der Waals surface area contributed by atoms with E-state index >= 15 is 0 Å². The van der Waals surface area contributed by atoms with Crippen LogP contribution in [0, 0.1) is 0 Å². The fourth-order valence-electron chi connectivity index (χ4n) is 3.69. The lowest BCUT2D eigenvalue weighted by molar-refractivity contribution is -0.129. The molecule has 7 heteroatoms. The number of rotatable bonds is 2. The molecule has 27 heavy (non-hydrogen) atoms. The molecule has 2 amide bonds. The van der Waals surface area contributed by atoms with E-state index < -0.39 is 0 Å². The number of anilines is 1. The molecule has 2 aliphatic heterocycles. The third-order valence-electron chi connectivity index (χ3n) is 5.34. The zero-order chi connectivity index (χ0) is 18.8. The van der Waals surface area contributed by atoms with Gasteiger partial charge in [0.2, 0.25) is 5.91 Å². The van der Waals surface area contributed by atoms with Gasteiger partial charge in [-0.2, -0.15) is 0 Å². The van der Waals surface area contributed by atoms with Crippen LogP contribution in [0.5, 0.6) is 0 Å². The topological polar surface area (TPSA) is 69.6 Å². The molecular weight excluding hydrogens is 342 g/mol. The predicted molar refractivity (Wildman–Crippen MR) is 101 cm³/mol. The van der Waals surface area contributed by atoms with Gasteiger partial charge in [-0.25, -0.2) is 0 Å². The Morgan fingerprint density at radius 2 is 1.59 bits per heavy atom. The second-order valence-corrected chi connectivity index (χ2v) is 7.02. The molecule has 0 aliphatic carbocycles. The number of piperazine rings is 1. The Labute approximate surface area is 158 Å². The Kier molecular flexibility index (Phi) is 4.75. The van der Waals surface area contributed by atoms with Gasteiger partial charge in [-0.1, -0.05) is 24.3 Å². The van der Waals surface area contributed by atoms with Crippen molar-refractivity contribution in [1.82, 2.24) is 20.0 Å². The van der Waals surface area contributed by atoms with Crippen LogP contribution >= 0.6 is 0 Å². The highest BCUT2D eigenvalue weighted by atomic mass is 16.2. The average Bonchev–Trinajstić information content (AvgIpc) is 2.73. The second kappa shape index (κ2) is 7.34. The van der Waals surface area contributed by atoms with Crippen molar-refractivity contribution in [2.24, 2.45) is 0 Å². The lowest BCUT2D eigenvalue weighted by Crippen LogP contribution is -2.48. The molecule has 0 unspecified atom stereocenters. The molecule has 3 heterocycles. The molecule has 4 rings (SSSR count). The maximum Gasteiger partial charge on any atom is 0.274 e. The largest absolute Gasteiger partial charge is 0.352 e. The van der Waals surface area contributed by atoms with Crippen molar-refractivity contribution in [3.8, 4) is 0 Å². The molecule has 1 saturated heterocycles. The number of nitrogens with zero attached hydrogens (tertiary/aromatic N) is 5. The van der Waals surface area contributed by atoms with E-state index in [4.69, 9.17) is 0 Å². The molecule has 0 bridgehead atoms. The third kappa shape index (κ3) is 3.63. The van der Waals surface area contributed by atoms with Crippen molar-refractivity contribution in [3.63, 3.8) is 0 Å². The molecule has 1 aromatic carbocycles. The average molecular weight is 365 g/mol. The second-order valence-electron chi connectivity index (χ2n) is 7.02. The summed E-state index contributed by atoms with van der Waals surface area (Å²) in [5.41, 5.74) is 2.89. The van der Waals surface area contributed by atoms with E-state index in [9.17, 15) is 9.59 Å². The molecular formula is C20H23N5O2. The van der Waals surface area contributed by atoms with E-state index in [0.717, 1.165) is 25.3 Å². The van der Waals surface area contributed by atoms with Crippen LogP contribution in [0.4, 0.5) is 5.82 Å².